The first kappa shape index (κ1) is 12.9. The van der Waals surface area contributed by atoms with Crippen molar-refractivity contribution in [3.63, 3.8) is 0 Å². The topological polar surface area (TPSA) is 46.3 Å². The van der Waals surface area contributed by atoms with Crippen molar-refractivity contribution in [3.05, 3.63) is 34.6 Å². The van der Waals surface area contributed by atoms with E-state index in [2.05, 4.69) is 0 Å². The predicted octanol–water partition coefficient (Wildman–Crippen LogP) is 1.78. The molecule has 1 aromatic carbocycles. The first-order valence-corrected chi connectivity index (χ1v) is 5.23. The minimum absolute atomic E-state index is 0.246. The quantitative estimate of drug-likeness (QED) is 0.878. The molecule has 0 spiro atoms. The van der Waals surface area contributed by atoms with E-state index in [1.54, 1.807) is 31.0 Å². The van der Waals surface area contributed by atoms with Gasteiger partial charge in [-0.3, -0.25) is 9.69 Å². The zero-order valence-electron chi connectivity index (χ0n) is 9.21. The maximum atomic E-state index is 13.4. The van der Waals surface area contributed by atoms with Crippen molar-refractivity contribution in [2.75, 3.05) is 7.05 Å². The number of primary amides is 1. The Balaban J connectivity index is 2.84. The van der Waals surface area contributed by atoms with Gasteiger partial charge in [-0.2, -0.15) is 0 Å². The SMILES string of the molecule is CC(C(N)=O)N(C)Cc1c(F)cccc1Cl. The lowest BCUT2D eigenvalue weighted by molar-refractivity contribution is -0.122. The van der Waals surface area contributed by atoms with Gasteiger partial charge in [0.05, 0.1) is 6.04 Å². The molecular formula is C11H14ClFN2O. The maximum Gasteiger partial charge on any atom is 0.234 e. The Bertz CT molecular complexity index is 377. The van der Waals surface area contributed by atoms with Gasteiger partial charge in [0.2, 0.25) is 5.91 Å². The summed E-state index contributed by atoms with van der Waals surface area (Å²) in [6.07, 6.45) is 0. The fourth-order valence-electron chi connectivity index (χ4n) is 1.29. The summed E-state index contributed by atoms with van der Waals surface area (Å²) < 4.78 is 13.4. The largest absolute Gasteiger partial charge is 0.368 e. The van der Waals surface area contributed by atoms with E-state index in [1.165, 1.54) is 6.07 Å². The van der Waals surface area contributed by atoms with Gasteiger partial charge >= 0.3 is 0 Å². The summed E-state index contributed by atoms with van der Waals surface area (Å²) in [5.41, 5.74) is 5.53. The van der Waals surface area contributed by atoms with Crippen molar-refractivity contribution in [3.8, 4) is 0 Å². The van der Waals surface area contributed by atoms with E-state index in [0.717, 1.165) is 0 Å². The van der Waals surface area contributed by atoms with E-state index in [0.29, 0.717) is 10.6 Å². The molecule has 0 saturated heterocycles. The van der Waals surface area contributed by atoms with Gasteiger partial charge in [0.25, 0.3) is 0 Å². The third kappa shape index (κ3) is 2.93. The molecule has 5 heteroatoms. The number of hydrogen-bond acceptors (Lipinski definition) is 2. The van der Waals surface area contributed by atoms with Crippen molar-refractivity contribution in [2.45, 2.75) is 19.5 Å². The van der Waals surface area contributed by atoms with Gasteiger partial charge in [0, 0.05) is 17.1 Å². The average molecular weight is 245 g/mol. The van der Waals surface area contributed by atoms with Crippen molar-refractivity contribution < 1.29 is 9.18 Å². The molecule has 0 fully saturated rings. The van der Waals surface area contributed by atoms with Crippen LogP contribution in [0, 0.1) is 5.82 Å². The highest BCUT2D eigenvalue weighted by Crippen LogP contribution is 2.20. The second-order valence-corrected chi connectivity index (χ2v) is 4.10. The predicted molar refractivity (Wildman–Crippen MR) is 61.5 cm³/mol. The molecule has 0 heterocycles. The number of carbonyl (C=O) groups excluding carboxylic acids is 1. The van der Waals surface area contributed by atoms with Crippen molar-refractivity contribution >= 4 is 17.5 Å². The Labute approximate surface area is 99.0 Å². The number of likely N-dealkylation sites (N-methyl/N-ethyl adjacent to an activating group) is 1. The highest BCUT2D eigenvalue weighted by molar-refractivity contribution is 6.31. The molecule has 0 saturated carbocycles. The molecule has 1 rings (SSSR count). The second kappa shape index (κ2) is 5.27. The molecule has 0 aliphatic rings. The second-order valence-electron chi connectivity index (χ2n) is 3.69. The third-order valence-electron chi connectivity index (χ3n) is 2.54. The van der Waals surface area contributed by atoms with E-state index in [4.69, 9.17) is 17.3 Å². The monoisotopic (exact) mass is 244 g/mol. The van der Waals surface area contributed by atoms with E-state index in [1.807, 2.05) is 0 Å². The summed E-state index contributed by atoms with van der Waals surface area (Å²) in [7, 11) is 1.69. The lowest BCUT2D eigenvalue weighted by Crippen LogP contribution is -2.39. The van der Waals surface area contributed by atoms with E-state index in [-0.39, 0.29) is 12.4 Å². The van der Waals surface area contributed by atoms with Gasteiger partial charge in [0.1, 0.15) is 5.82 Å². The van der Waals surface area contributed by atoms with Gasteiger partial charge in [-0.05, 0) is 26.1 Å². The molecule has 1 unspecified atom stereocenters. The van der Waals surface area contributed by atoms with Crippen LogP contribution in [0.15, 0.2) is 18.2 Å². The minimum Gasteiger partial charge on any atom is -0.368 e. The first-order chi connectivity index (χ1) is 7.43. The van der Waals surface area contributed by atoms with Crippen LogP contribution < -0.4 is 5.73 Å². The number of carbonyl (C=O) groups is 1. The van der Waals surface area contributed by atoms with Crippen LogP contribution in [0.3, 0.4) is 0 Å². The number of hydrogen-bond donors (Lipinski definition) is 1. The molecule has 1 amide bonds. The fraction of sp³-hybridized carbons (Fsp3) is 0.364. The summed E-state index contributed by atoms with van der Waals surface area (Å²) in [6.45, 7) is 1.91. The molecule has 16 heavy (non-hydrogen) atoms. The Morgan fingerprint density at radius 1 is 1.62 bits per heavy atom. The molecule has 0 aromatic heterocycles. The number of benzene rings is 1. The highest BCUT2D eigenvalue weighted by atomic mass is 35.5. The number of halogens is 2. The van der Waals surface area contributed by atoms with Gasteiger partial charge < -0.3 is 5.73 Å². The average Bonchev–Trinajstić information content (AvgIpc) is 2.22. The lowest BCUT2D eigenvalue weighted by atomic mass is 10.1. The molecule has 1 aromatic rings. The fourth-order valence-corrected chi connectivity index (χ4v) is 1.51. The molecule has 2 N–H and O–H groups in total. The van der Waals surface area contributed by atoms with E-state index < -0.39 is 11.9 Å². The molecule has 1 atom stereocenters. The van der Waals surface area contributed by atoms with Crippen molar-refractivity contribution in [2.24, 2.45) is 5.73 Å². The third-order valence-corrected chi connectivity index (χ3v) is 2.90. The Hall–Kier alpha value is -1.13. The molecule has 0 aliphatic carbocycles. The number of rotatable bonds is 4. The van der Waals surface area contributed by atoms with Crippen LogP contribution in [0.1, 0.15) is 12.5 Å². The molecule has 0 bridgehead atoms. The summed E-state index contributed by atoms with van der Waals surface area (Å²) in [6, 6.07) is 4.03. The number of amides is 1. The summed E-state index contributed by atoms with van der Waals surface area (Å²) in [4.78, 5) is 12.6. The first-order valence-electron chi connectivity index (χ1n) is 4.86. The van der Waals surface area contributed by atoms with Crippen LogP contribution in [0.4, 0.5) is 4.39 Å². The molecule has 88 valence electrons. The zero-order chi connectivity index (χ0) is 12.3. The van der Waals surface area contributed by atoms with Gasteiger partial charge in [0.15, 0.2) is 0 Å². The summed E-state index contributed by atoms with van der Waals surface area (Å²) >= 11 is 5.88. The van der Waals surface area contributed by atoms with E-state index >= 15 is 0 Å². The summed E-state index contributed by atoms with van der Waals surface area (Å²) in [5, 5.41) is 0.350. The minimum atomic E-state index is -0.462. The molecule has 3 nitrogen and oxygen atoms in total. The number of nitrogens with zero attached hydrogens (tertiary/aromatic N) is 1. The smallest absolute Gasteiger partial charge is 0.234 e. The van der Waals surface area contributed by atoms with Gasteiger partial charge in [-0.25, -0.2) is 4.39 Å². The molecular weight excluding hydrogens is 231 g/mol. The Morgan fingerprint density at radius 2 is 2.25 bits per heavy atom. The Morgan fingerprint density at radius 3 is 2.75 bits per heavy atom. The van der Waals surface area contributed by atoms with Crippen LogP contribution in [0.25, 0.3) is 0 Å². The zero-order valence-corrected chi connectivity index (χ0v) is 9.96. The normalized spacial score (nSPS) is 12.8. The molecule has 0 aliphatic heterocycles. The van der Waals surface area contributed by atoms with Gasteiger partial charge in [-0.1, -0.05) is 17.7 Å². The summed E-state index contributed by atoms with van der Waals surface area (Å²) in [5.74, 6) is -0.828. The highest BCUT2D eigenvalue weighted by Gasteiger charge is 2.17. The Kier molecular flexibility index (Phi) is 4.26. The van der Waals surface area contributed by atoms with Crippen LogP contribution in [-0.4, -0.2) is 23.9 Å². The van der Waals surface area contributed by atoms with Gasteiger partial charge in [-0.15, -0.1) is 0 Å². The lowest BCUT2D eigenvalue weighted by Gasteiger charge is -2.22. The maximum absolute atomic E-state index is 13.4. The van der Waals surface area contributed by atoms with Crippen molar-refractivity contribution in [1.29, 1.82) is 0 Å². The van der Waals surface area contributed by atoms with E-state index in [9.17, 15) is 9.18 Å². The number of nitrogens with two attached hydrogens (primary N) is 1. The van der Waals surface area contributed by atoms with Crippen LogP contribution in [-0.2, 0) is 11.3 Å². The van der Waals surface area contributed by atoms with Crippen molar-refractivity contribution in [1.82, 2.24) is 4.90 Å². The molecule has 0 radical (unpaired) electrons. The van der Waals surface area contributed by atoms with Crippen LogP contribution in [0.5, 0.6) is 0 Å². The standard InChI is InChI=1S/C11H14ClFN2O/c1-7(11(14)16)15(2)6-8-9(12)4-3-5-10(8)13/h3-5,7H,6H2,1-2H3,(H2,14,16). The van der Waals surface area contributed by atoms with Crippen LogP contribution >= 0.6 is 11.6 Å². The van der Waals surface area contributed by atoms with Crippen LogP contribution in [0.2, 0.25) is 5.02 Å².